The van der Waals surface area contributed by atoms with E-state index in [-0.39, 0.29) is 5.91 Å². The second-order valence-electron chi connectivity index (χ2n) is 2.90. The van der Waals surface area contributed by atoms with Crippen LogP contribution < -0.4 is 5.32 Å². The Morgan fingerprint density at radius 3 is 2.86 bits per heavy atom. The number of anilines is 1. The molecule has 0 bridgehead atoms. The van der Waals surface area contributed by atoms with Crippen LogP contribution in [0.1, 0.15) is 12.5 Å². The van der Waals surface area contributed by atoms with Crippen molar-refractivity contribution in [2.24, 2.45) is 0 Å². The molecule has 0 aliphatic carbocycles. The first kappa shape index (κ1) is 11.0. The number of rotatable bonds is 2. The minimum Gasteiger partial charge on any atom is -0.322 e. The Bertz CT molecular complexity index is 372. The maximum Gasteiger partial charge on any atom is 0.248 e. The first-order valence-corrected chi connectivity index (χ1v) is 5.13. The molecule has 0 aromatic heterocycles. The molecule has 1 aromatic rings. The summed E-state index contributed by atoms with van der Waals surface area (Å²) in [4.78, 5) is 11.3. The van der Waals surface area contributed by atoms with Crippen LogP contribution in [0.25, 0.3) is 0 Å². The van der Waals surface area contributed by atoms with Crippen molar-refractivity contribution >= 4 is 27.5 Å². The van der Waals surface area contributed by atoms with Gasteiger partial charge in [-0.1, -0.05) is 28.1 Å². The zero-order valence-corrected chi connectivity index (χ0v) is 9.76. The average Bonchev–Trinajstić information content (AvgIpc) is 2.13. The lowest BCUT2D eigenvalue weighted by molar-refractivity contribution is -0.111. The van der Waals surface area contributed by atoms with Gasteiger partial charge in [-0.15, -0.1) is 0 Å². The third-order valence-electron chi connectivity index (χ3n) is 1.84. The van der Waals surface area contributed by atoms with Crippen molar-refractivity contribution in [3.63, 3.8) is 0 Å². The summed E-state index contributed by atoms with van der Waals surface area (Å²) in [6.07, 6.45) is 3.21. The van der Waals surface area contributed by atoms with Crippen LogP contribution in [0.2, 0.25) is 0 Å². The summed E-state index contributed by atoms with van der Waals surface area (Å²) in [7, 11) is 0. The summed E-state index contributed by atoms with van der Waals surface area (Å²) in [5.41, 5.74) is 1.87. The number of amides is 1. The highest BCUT2D eigenvalue weighted by Crippen LogP contribution is 2.23. The smallest absolute Gasteiger partial charge is 0.248 e. The molecule has 0 aliphatic heterocycles. The third kappa shape index (κ3) is 2.70. The van der Waals surface area contributed by atoms with Gasteiger partial charge in [0.25, 0.3) is 0 Å². The minimum absolute atomic E-state index is 0.103. The standard InChI is InChI=1S/C11H12BrNO/c1-3-5-11(14)13-10-7-4-6-9(12)8(10)2/h3-7H,1-2H3,(H,13,14)/b5-3+. The largest absolute Gasteiger partial charge is 0.322 e. The molecule has 14 heavy (non-hydrogen) atoms. The molecule has 0 radical (unpaired) electrons. The van der Waals surface area contributed by atoms with Crippen LogP contribution in [0.3, 0.4) is 0 Å². The monoisotopic (exact) mass is 253 g/mol. The van der Waals surface area contributed by atoms with Gasteiger partial charge < -0.3 is 5.32 Å². The number of carbonyl (C=O) groups excluding carboxylic acids is 1. The van der Waals surface area contributed by atoms with E-state index in [4.69, 9.17) is 0 Å². The summed E-state index contributed by atoms with van der Waals surface area (Å²) < 4.78 is 0.996. The van der Waals surface area contributed by atoms with E-state index < -0.39 is 0 Å². The van der Waals surface area contributed by atoms with Crippen LogP contribution >= 0.6 is 15.9 Å². The van der Waals surface area contributed by atoms with Gasteiger partial charge in [0.1, 0.15) is 0 Å². The molecule has 0 heterocycles. The van der Waals surface area contributed by atoms with E-state index in [1.54, 1.807) is 6.08 Å². The minimum atomic E-state index is -0.103. The van der Waals surface area contributed by atoms with E-state index in [1.165, 1.54) is 6.08 Å². The number of hydrogen-bond acceptors (Lipinski definition) is 1. The molecule has 0 spiro atoms. The van der Waals surface area contributed by atoms with Gasteiger partial charge in [0.15, 0.2) is 0 Å². The second kappa shape index (κ2) is 4.96. The summed E-state index contributed by atoms with van der Waals surface area (Å²) >= 11 is 3.41. The number of benzene rings is 1. The summed E-state index contributed by atoms with van der Waals surface area (Å²) in [6, 6.07) is 5.71. The number of carbonyl (C=O) groups is 1. The van der Waals surface area contributed by atoms with Crippen molar-refractivity contribution in [3.05, 3.63) is 40.4 Å². The Labute approximate surface area is 92.1 Å². The molecule has 1 rings (SSSR count). The Morgan fingerprint density at radius 1 is 1.50 bits per heavy atom. The molecule has 0 fully saturated rings. The van der Waals surface area contributed by atoms with Crippen molar-refractivity contribution in [1.82, 2.24) is 0 Å². The molecular formula is C11H12BrNO. The SMILES string of the molecule is C/C=C/C(=O)Nc1cccc(Br)c1C. The Kier molecular flexibility index (Phi) is 3.89. The van der Waals surface area contributed by atoms with Crippen molar-refractivity contribution in [3.8, 4) is 0 Å². The highest BCUT2D eigenvalue weighted by atomic mass is 79.9. The van der Waals surface area contributed by atoms with Gasteiger partial charge in [0, 0.05) is 10.2 Å². The Morgan fingerprint density at radius 2 is 2.21 bits per heavy atom. The Hall–Kier alpha value is -1.09. The maximum atomic E-state index is 11.3. The van der Waals surface area contributed by atoms with Gasteiger partial charge >= 0.3 is 0 Å². The van der Waals surface area contributed by atoms with E-state index in [2.05, 4.69) is 21.2 Å². The second-order valence-corrected chi connectivity index (χ2v) is 3.76. The molecular weight excluding hydrogens is 242 g/mol. The lowest BCUT2D eigenvalue weighted by Gasteiger charge is -2.07. The topological polar surface area (TPSA) is 29.1 Å². The van der Waals surface area contributed by atoms with E-state index in [9.17, 15) is 4.79 Å². The van der Waals surface area contributed by atoms with Crippen LogP contribution in [-0.4, -0.2) is 5.91 Å². The van der Waals surface area contributed by atoms with Crippen LogP contribution in [0.4, 0.5) is 5.69 Å². The normalized spacial score (nSPS) is 10.5. The summed E-state index contributed by atoms with van der Waals surface area (Å²) in [5.74, 6) is -0.103. The Balaban J connectivity index is 2.87. The van der Waals surface area contributed by atoms with Crippen molar-refractivity contribution in [2.45, 2.75) is 13.8 Å². The summed E-state index contributed by atoms with van der Waals surface area (Å²) in [6.45, 7) is 3.77. The molecule has 0 atom stereocenters. The van der Waals surface area contributed by atoms with Gasteiger partial charge in [0.2, 0.25) is 5.91 Å². The number of hydrogen-bond donors (Lipinski definition) is 1. The molecule has 2 nitrogen and oxygen atoms in total. The zero-order valence-electron chi connectivity index (χ0n) is 8.17. The highest BCUT2D eigenvalue weighted by molar-refractivity contribution is 9.10. The molecule has 1 amide bonds. The fraction of sp³-hybridized carbons (Fsp3) is 0.182. The average molecular weight is 254 g/mol. The number of allylic oxidation sites excluding steroid dienone is 1. The van der Waals surface area contributed by atoms with E-state index in [0.29, 0.717) is 0 Å². The van der Waals surface area contributed by atoms with Crippen LogP contribution in [0.5, 0.6) is 0 Å². The molecule has 74 valence electrons. The quantitative estimate of drug-likeness (QED) is 0.806. The predicted octanol–water partition coefficient (Wildman–Crippen LogP) is 3.27. The van der Waals surface area contributed by atoms with Crippen molar-refractivity contribution in [1.29, 1.82) is 0 Å². The van der Waals surface area contributed by atoms with Gasteiger partial charge in [-0.2, -0.15) is 0 Å². The number of halogens is 1. The van der Waals surface area contributed by atoms with Crippen molar-refractivity contribution < 1.29 is 4.79 Å². The van der Waals surface area contributed by atoms with Crippen LogP contribution in [0, 0.1) is 6.92 Å². The highest BCUT2D eigenvalue weighted by Gasteiger charge is 2.02. The van der Waals surface area contributed by atoms with E-state index in [1.807, 2.05) is 32.0 Å². The molecule has 1 N–H and O–H groups in total. The predicted molar refractivity (Wildman–Crippen MR) is 62.3 cm³/mol. The van der Waals surface area contributed by atoms with Crippen LogP contribution in [0.15, 0.2) is 34.8 Å². The molecule has 3 heteroatoms. The van der Waals surface area contributed by atoms with Crippen LogP contribution in [-0.2, 0) is 4.79 Å². The zero-order chi connectivity index (χ0) is 10.6. The first-order chi connectivity index (χ1) is 6.65. The number of nitrogens with one attached hydrogen (secondary N) is 1. The summed E-state index contributed by atoms with van der Waals surface area (Å²) in [5, 5.41) is 2.80. The van der Waals surface area contributed by atoms with Crippen molar-refractivity contribution in [2.75, 3.05) is 5.32 Å². The van der Waals surface area contributed by atoms with Gasteiger partial charge in [-0.05, 0) is 37.6 Å². The molecule has 0 saturated carbocycles. The van der Waals surface area contributed by atoms with E-state index in [0.717, 1.165) is 15.7 Å². The first-order valence-electron chi connectivity index (χ1n) is 4.34. The molecule has 0 unspecified atom stereocenters. The fourth-order valence-electron chi connectivity index (χ4n) is 1.07. The van der Waals surface area contributed by atoms with Gasteiger partial charge in [0.05, 0.1) is 0 Å². The molecule has 0 saturated heterocycles. The van der Waals surface area contributed by atoms with Gasteiger partial charge in [-0.3, -0.25) is 4.79 Å². The lowest BCUT2D eigenvalue weighted by atomic mass is 10.2. The fourth-order valence-corrected chi connectivity index (χ4v) is 1.43. The molecule has 0 aliphatic rings. The maximum absolute atomic E-state index is 11.3. The lowest BCUT2D eigenvalue weighted by Crippen LogP contribution is -2.08. The van der Waals surface area contributed by atoms with E-state index >= 15 is 0 Å². The van der Waals surface area contributed by atoms with Gasteiger partial charge in [-0.25, -0.2) is 0 Å². The molecule has 1 aromatic carbocycles. The third-order valence-corrected chi connectivity index (χ3v) is 2.70.